The Bertz CT molecular complexity index is 193. The minimum absolute atomic E-state index is 0.221. The Labute approximate surface area is 99.1 Å². The van der Waals surface area contributed by atoms with E-state index in [1.54, 1.807) is 7.11 Å². The summed E-state index contributed by atoms with van der Waals surface area (Å²) < 4.78 is 9.87. The van der Waals surface area contributed by atoms with Gasteiger partial charge in [-0.25, -0.2) is 0 Å². The smallest absolute Gasteiger partial charge is 0.321 e. The number of aliphatic carboxylic acids is 1. The van der Waals surface area contributed by atoms with Crippen LogP contribution in [0.5, 0.6) is 0 Å². The molecule has 0 aliphatic heterocycles. The Hall–Kier alpha value is -0.340. The van der Waals surface area contributed by atoms with Crippen LogP contribution < -0.4 is 5.73 Å². The van der Waals surface area contributed by atoms with Crippen LogP contribution in [0, 0.1) is 0 Å². The first-order valence-corrected chi connectivity index (χ1v) is 6.04. The van der Waals surface area contributed by atoms with E-state index in [0.29, 0.717) is 19.0 Å². The number of aliphatic hydroxyl groups excluding tert-OH is 1. The molecule has 0 amide bonds. The molecule has 4 N–H and O–H groups in total. The summed E-state index contributed by atoms with van der Waals surface area (Å²) in [5, 5.41) is 17.9. The summed E-state index contributed by atoms with van der Waals surface area (Å²) in [4.78, 5) is 10.4. The molecule has 7 heteroatoms. The van der Waals surface area contributed by atoms with Gasteiger partial charge in [-0.1, -0.05) is 0 Å². The monoisotopic (exact) mass is 253 g/mol. The van der Waals surface area contributed by atoms with Gasteiger partial charge < -0.3 is 25.4 Å². The van der Waals surface area contributed by atoms with Gasteiger partial charge in [0, 0.05) is 18.6 Å². The highest BCUT2D eigenvalue weighted by atomic mass is 32.2. The quantitative estimate of drug-likeness (QED) is 0.436. The van der Waals surface area contributed by atoms with Gasteiger partial charge in [0.05, 0.1) is 25.9 Å². The zero-order chi connectivity index (χ0) is 12.4. The Morgan fingerprint density at radius 2 is 2.12 bits per heavy atom. The van der Waals surface area contributed by atoms with Crippen molar-refractivity contribution < 1.29 is 24.5 Å². The van der Waals surface area contributed by atoms with E-state index in [9.17, 15) is 9.90 Å². The maximum atomic E-state index is 10.4. The molecule has 0 aromatic carbocycles. The van der Waals surface area contributed by atoms with Crippen LogP contribution >= 0.6 is 11.8 Å². The number of nitrogens with two attached hydrogens (primary N) is 1. The van der Waals surface area contributed by atoms with Crippen LogP contribution in [0.25, 0.3) is 0 Å². The minimum Gasteiger partial charge on any atom is -0.480 e. The number of rotatable bonds is 10. The lowest BCUT2D eigenvalue weighted by atomic mass is 10.4. The van der Waals surface area contributed by atoms with E-state index in [1.807, 2.05) is 0 Å². The Morgan fingerprint density at radius 3 is 2.69 bits per heavy atom. The predicted molar refractivity (Wildman–Crippen MR) is 61.6 cm³/mol. The Balaban J connectivity index is 3.36. The van der Waals surface area contributed by atoms with E-state index < -0.39 is 18.1 Å². The van der Waals surface area contributed by atoms with Gasteiger partial charge in [0.25, 0.3) is 0 Å². The molecule has 0 aromatic rings. The number of aliphatic hydroxyl groups is 1. The standard InChI is InChI=1S/C9H19NO5S/c1-14-2-3-15-4-7(11)5-16-6-8(10)9(12)13/h7-8,11H,2-6,10H2,1H3,(H,12,13). The summed E-state index contributed by atoms with van der Waals surface area (Å²) in [6.07, 6.45) is -0.608. The molecular formula is C9H19NO5S. The largest absolute Gasteiger partial charge is 0.480 e. The molecule has 16 heavy (non-hydrogen) atoms. The highest BCUT2D eigenvalue weighted by Crippen LogP contribution is 2.05. The van der Waals surface area contributed by atoms with Crippen molar-refractivity contribution in [2.45, 2.75) is 12.1 Å². The van der Waals surface area contributed by atoms with Crippen LogP contribution in [0.1, 0.15) is 0 Å². The lowest BCUT2D eigenvalue weighted by molar-refractivity contribution is -0.137. The lowest BCUT2D eigenvalue weighted by Crippen LogP contribution is -2.33. The molecule has 0 saturated carbocycles. The van der Waals surface area contributed by atoms with Crippen molar-refractivity contribution >= 4 is 17.7 Å². The zero-order valence-electron chi connectivity index (χ0n) is 9.30. The van der Waals surface area contributed by atoms with E-state index in [1.165, 1.54) is 11.8 Å². The number of carbonyl (C=O) groups is 1. The molecule has 0 fully saturated rings. The van der Waals surface area contributed by atoms with Gasteiger partial charge in [-0.2, -0.15) is 11.8 Å². The zero-order valence-corrected chi connectivity index (χ0v) is 10.1. The number of thioether (sulfide) groups is 1. The fourth-order valence-corrected chi connectivity index (χ4v) is 1.71. The third-order valence-electron chi connectivity index (χ3n) is 1.67. The van der Waals surface area contributed by atoms with Gasteiger partial charge in [0.2, 0.25) is 0 Å². The number of carboxylic acids is 1. The van der Waals surface area contributed by atoms with Gasteiger partial charge in [-0.3, -0.25) is 4.79 Å². The fourth-order valence-electron chi connectivity index (χ4n) is 0.812. The minimum atomic E-state index is -1.03. The summed E-state index contributed by atoms with van der Waals surface area (Å²) >= 11 is 1.29. The van der Waals surface area contributed by atoms with Crippen molar-refractivity contribution in [2.24, 2.45) is 5.73 Å². The molecule has 96 valence electrons. The molecule has 0 spiro atoms. The van der Waals surface area contributed by atoms with Crippen molar-refractivity contribution in [1.29, 1.82) is 0 Å². The molecule has 0 saturated heterocycles. The second-order valence-electron chi connectivity index (χ2n) is 3.20. The highest BCUT2D eigenvalue weighted by molar-refractivity contribution is 7.99. The van der Waals surface area contributed by atoms with E-state index in [2.05, 4.69) is 0 Å². The number of methoxy groups -OCH3 is 1. The number of hydrogen-bond acceptors (Lipinski definition) is 6. The summed E-state index contributed by atoms with van der Waals surface area (Å²) in [6.45, 7) is 1.15. The normalized spacial score (nSPS) is 14.7. The molecule has 0 bridgehead atoms. The predicted octanol–water partition coefficient (Wildman–Crippen LogP) is -0.845. The average molecular weight is 253 g/mol. The summed E-state index contributed by atoms with van der Waals surface area (Å²) in [6, 6.07) is -0.883. The molecular weight excluding hydrogens is 234 g/mol. The van der Waals surface area contributed by atoms with Crippen molar-refractivity contribution in [3.05, 3.63) is 0 Å². The van der Waals surface area contributed by atoms with Gasteiger partial charge in [-0.05, 0) is 0 Å². The van der Waals surface area contributed by atoms with E-state index in [0.717, 1.165) is 0 Å². The van der Waals surface area contributed by atoms with E-state index in [-0.39, 0.29) is 12.4 Å². The number of carboxylic acid groups (broad SMARTS) is 1. The van der Waals surface area contributed by atoms with Crippen LogP contribution in [0.4, 0.5) is 0 Å². The third kappa shape index (κ3) is 8.93. The van der Waals surface area contributed by atoms with Crippen molar-refractivity contribution in [1.82, 2.24) is 0 Å². The maximum Gasteiger partial charge on any atom is 0.321 e. The summed E-state index contributed by atoms with van der Waals surface area (Å²) in [5.74, 6) is -0.336. The topological polar surface area (TPSA) is 102 Å². The molecule has 0 aromatic heterocycles. The maximum absolute atomic E-state index is 10.4. The van der Waals surface area contributed by atoms with Crippen LogP contribution in [0.2, 0.25) is 0 Å². The third-order valence-corrected chi connectivity index (χ3v) is 2.88. The molecule has 0 heterocycles. The molecule has 0 aliphatic carbocycles. The number of hydrogen-bond donors (Lipinski definition) is 3. The van der Waals surface area contributed by atoms with E-state index >= 15 is 0 Å². The lowest BCUT2D eigenvalue weighted by Gasteiger charge is -2.11. The van der Waals surface area contributed by atoms with Crippen LogP contribution in [-0.4, -0.2) is 66.8 Å². The van der Waals surface area contributed by atoms with Crippen LogP contribution in [0.15, 0.2) is 0 Å². The van der Waals surface area contributed by atoms with Gasteiger partial charge in [0.1, 0.15) is 6.04 Å². The second-order valence-corrected chi connectivity index (χ2v) is 4.28. The van der Waals surface area contributed by atoms with Gasteiger partial charge in [-0.15, -0.1) is 0 Å². The first-order chi connectivity index (χ1) is 7.57. The highest BCUT2D eigenvalue weighted by Gasteiger charge is 2.12. The molecule has 6 nitrogen and oxygen atoms in total. The van der Waals surface area contributed by atoms with Crippen molar-refractivity contribution in [3.63, 3.8) is 0 Å². The molecule has 0 aliphatic rings. The first-order valence-electron chi connectivity index (χ1n) is 4.88. The molecule has 2 unspecified atom stereocenters. The molecule has 2 atom stereocenters. The van der Waals surface area contributed by atoms with Crippen molar-refractivity contribution in [3.8, 4) is 0 Å². The van der Waals surface area contributed by atoms with E-state index in [4.69, 9.17) is 20.3 Å². The van der Waals surface area contributed by atoms with Crippen LogP contribution in [-0.2, 0) is 14.3 Å². The Kier molecular flexibility index (Phi) is 9.65. The average Bonchev–Trinajstić information content (AvgIpc) is 2.24. The first kappa shape index (κ1) is 15.7. The summed E-state index contributed by atoms with van der Waals surface area (Å²) in [7, 11) is 1.57. The SMILES string of the molecule is COCCOCC(O)CSCC(N)C(=O)O. The van der Waals surface area contributed by atoms with Crippen LogP contribution in [0.3, 0.4) is 0 Å². The van der Waals surface area contributed by atoms with Gasteiger partial charge >= 0.3 is 5.97 Å². The van der Waals surface area contributed by atoms with Crippen molar-refractivity contribution in [2.75, 3.05) is 38.4 Å². The van der Waals surface area contributed by atoms with Gasteiger partial charge in [0.15, 0.2) is 0 Å². The molecule has 0 radical (unpaired) electrons. The number of ether oxygens (including phenoxy) is 2. The fraction of sp³-hybridized carbons (Fsp3) is 0.889. The molecule has 0 rings (SSSR count). The summed E-state index contributed by atoms with van der Waals surface area (Å²) in [5.41, 5.74) is 5.29. The Morgan fingerprint density at radius 1 is 1.44 bits per heavy atom. The second kappa shape index (κ2) is 9.86.